The molecule has 0 atom stereocenters. The first-order chi connectivity index (χ1) is 13.4. The van der Waals surface area contributed by atoms with Crippen LogP contribution in [0.2, 0.25) is 0 Å². The Morgan fingerprint density at radius 3 is 1.34 bits per heavy atom. The van der Waals surface area contributed by atoms with E-state index in [2.05, 4.69) is 0 Å². The molecule has 4 nitrogen and oxygen atoms in total. The van der Waals surface area contributed by atoms with Crippen LogP contribution >= 0.6 is 0 Å². The molecule has 4 aromatic carbocycles. The van der Waals surface area contributed by atoms with Crippen LogP contribution in [0.4, 0.5) is 0 Å². The number of carbonyl (C=O) groups excluding carboxylic acids is 2. The Morgan fingerprint density at radius 2 is 1.00 bits per heavy atom. The molecule has 0 radical (unpaired) electrons. The zero-order chi connectivity index (χ0) is 20.3. The molecule has 0 saturated carbocycles. The Hall–Kier alpha value is -2.72. The zero-order valence-electron chi connectivity index (χ0n) is 16.3. The molecule has 0 fully saturated rings. The van der Waals surface area contributed by atoms with Gasteiger partial charge in [0.2, 0.25) is 0 Å². The first-order valence-electron chi connectivity index (χ1n) is 8.78. The van der Waals surface area contributed by atoms with Crippen molar-refractivity contribution >= 4 is 33.5 Å². The number of aromatic carboxylic acids is 2. The van der Waals surface area contributed by atoms with E-state index in [4.69, 9.17) is 0 Å². The van der Waals surface area contributed by atoms with Crippen molar-refractivity contribution in [2.75, 3.05) is 0 Å². The van der Waals surface area contributed by atoms with Crippen molar-refractivity contribution in [2.24, 2.45) is 0 Å². The second kappa shape index (κ2) is 9.66. The maximum Gasteiger partial charge on any atom is 2.00 e. The fraction of sp³-hybridized carbons (Fsp3) is 0.0833. The molecule has 0 N–H and O–H groups in total. The quantitative estimate of drug-likeness (QED) is 0.347. The van der Waals surface area contributed by atoms with E-state index in [0.29, 0.717) is 0 Å². The molecule has 0 unspecified atom stereocenters. The summed E-state index contributed by atoms with van der Waals surface area (Å²) in [5, 5.41) is 25.3. The minimum absolute atomic E-state index is 0. The van der Waals surface area contributed by atoms with Crippen LogP contribution in [0.5, 0.6) is 0 Å². The number of carboxylic acids is 2. The summed E-state index contributed by atoms with van der Waals surface area (Å²) in [5.74, 6) is -2.26. The molecule has 0 spiro atoms. The molecule has 140 valence electrons. The number of rotatable bonds is 2. The maximum absolute atomic E-state index is 10.6. The number of benzene rings is 4. The van der Waals surface area contributed by atoms with E-state index in [1.54, 1.807) is 36.4 Å². The monoisotopic (exact) mass is 572 g/mol. The molecule has 5 heteroatoms. The molecule has 0 aromatic heterocycles. The van der Waals surface area contributed by atoms with Gasteiger partial charge in [-0.25, -0.2) is 0 Å². The second-order valence-electron chi connectivity index (χ2n) is 6.60. The van der Waals surface area contributed by atoms with Crippen LogP contribution in [-0.2, 0) is 27.7 Å². The van der Waals surface area contributed by atoms with Crippen LogP contribution < -0.4 is 10.2 Å². The van der Waals surface area contributed by atoms with Gasteiger partial charge in [-0.2, -0.15) is 0 Å². The Balaban J connectivity index is 0.000000200. The molecular weight excluding hydrogens is 553 g/mol. The molecule has 0 bridgehead atoms. The molecule has 4 aromatic rings. The number of aryl methyl sites for hydroxylation is 2. The SMILES string of the molecule is Cc1cccc2ccc(C(=O)[O-])cc12.Cc1cccc2ccc(C(=O)[O-])cc12.[Hg+2]. The third kappa shape index (κ3) is 5.21. The van der Waals surface area contributed by atoms with Crippen molar-refractivity contribution in [1.29, 1.82) is 0 Å². The van der Waals surface area contributed by atoms with Crippen LogP contribution in [-0.4, -0.2) is 11.9 Å². The van der Waals surface area contributed by atoms with Crippen LogP contribution in [0.1, 0.15) is 31.8 Å². The number of carbonyl (C=O) groups is 2. The molecule has 29 heavy (non-hydrogen) atoms. The summed E-state index contributed by atoms with van der Waals surface area (Å²) in [6.07, 6.45) is 0. The van der Waals surface area contributed by atoms with E-state index in [-0.39, 0.29) is 38.8 Å². The molecular formula is C24H18HgO4. The largest absolute Gasteiger partial charge is 2.00 e. The Morgan fingerprint density at radius 1 is 0.621 bits per heavy atom. The third-order valence-corrected chi connectivity index (χ3v) is 4.67. The van der Waals surface area contributed by atoms with Crippen LogP contribution in [0, 0.1) is 13.8 Å². The predicted octanol–water partition coefficient (Wildman–Crippen LogP) is 3.02. The molecule has 0 saturated heterocycles. The normalized spacial score (nSPS) is 10.0. The predicted molar refractivity (Wildman–Crippen MR) is 106 cm³/mol. The van der Waals surface area contributed by atoms with Crippen LogP contribution in [0.25, 0.3) is 21.5 Å². The Bertz CT molecular complexity index is 1100. The molecule has 0 aliphatic carbocycles. The summed E-state index contributed by atoms with van der Waals surface area (Å²) in [4.78, 5) is 21.3. The van der Waals surface area contributed by atoms with Crippen LogP contribution in [0.3, 0.4) is 0 Å². The van der Waals surface area contributed by atoms with Crippen molar-refractivity contribution < 1.29 is 47.5 Å². The number of carboxylic acid groups (broad SMARTS) is 2. The van der Waals surface area contributed by atoms with E-state index >= 15 is 0 Å². The van der Waals surface area contributed by atoms with Crippen LogP contribution in [0.15, 0.2) is 72.8 Å². The summed E-state index contributed by atoms with van der Waals surface area (Å²) in [6, 6.07) is 21.8. The van der Waals surface area contributed by atoms with Crippen molar-refractivity contribution in [1.82, 2.24) is 0 Å². The summed E-state index contributed by atoms with van der Waals surface area (Å²) >= 11 is 0. The van der Waals surface area contributed by atoms with Gasteiger partial charge in [-0.05, 0) is 69.8 Å². The van der Waals surface area contributed by atoms with E-state index in [1.165, 1.54) is 0 Å². The van der Waals surface area contributed by atoms with Gasteiger partial charge in [0, 0.05) is 0 Å². The molecule has 0 aliphatic rings. The standard InChI is InChI=1S/2C12H10O2.Hg/c2*1-8-3-2-4-9-5-6-10(12(13)14)7-11(8)9;/h2*2-7H,1H3,(H,13,14);/q;;+2/p-2. The fourth-order valence-electron chi connectivity index (χ4n) is 3.11. The molecule has 0 heterocycles. The summed E-state index contributed by atoms with van der Waals surface area (Å²) in [5.41, 5.74) is 2.61. The van der Waals surface area contributed by atoms with Gasteiger partial charge in [0.25, 0.3) is 0 Å². The molecule has 0 aliphatic heterocycles. The minimum Gasteiger partial charge on any atom is -0.545 e. The van der Waals surface area contributed by atoms with Gasteiger partial charge in [-0.1, -0.05) is 60.7 Å². The Kier molecular flexibility index (Phi) is 7.51. The summed E-state index contributed by atoms with van der Waals surface area (Å²) in [7, 11) is 0. The summed E-state index contributed by atoms with van der Waals surface area (Å²) in [6.45, 7) is 3.92. The third-order valence-electron chi connectivity index (χ3n) is 4.67. The van der Waals surface area contributed by atoms with Gasteiger partial charge in [0.05, 0.1) is 11.9 Å². The van der Waals surface area contributed by atoms with Crippen molar-refractivity contribution in [3.8, 4) is 0 Å². The topological polar surface area (TPSA) is 80.3 Å². The van der Waals surface area contributed by atoms with Gasteiger partial charge in [0.1, 0.15) is 0 Å². The minimum atomic E-state index is -1.13. The average Bonchev–Trinajstić information content (AvgIpc) is 2.68. The average molecular weight is 571 g/mol. The van der Waals surface area contributed by atoms with Gasteiger partial charge in [-0.3, -0.25) is 0 Å². The second-order valence-corrected chi connectivity index (χ2v) is 6.60. The van der Waals surface area contributed by atoms with Gasteiger partial charge < -0.3 is 19.8 Å². The number of hydrogen-bond acceptors (Lipinski definition) is 4. The number of fused-ring (bicyclic) bond motifs is 2. The first-order valence-corrected chi connectivity index (χ1v) is 8.78. The van der Waals surface area contributed by atoms with Crippen molar-refractivity contribution in [3.63, 3.8) is 0 Å². The van der Waals surface area contributed by atoms with Crippen molar-refractivity contribution in [2.45, 2.75) is 13.8 Å². The smallest absolute Gasteiger partial charge is 0.545 e. The molecule has 4 rings (SSSR count). The van der Waals surface area contributed by atoms with E-state index in [1.807, 2.05) is 50.2 Å². The molecule has 0 amide bonds. The van der Waals surface area contributed by atoms with E-state index in [9.17, 15) is 19.8 Å². The number of hydrogen-bond donors (Lipinski definition) is 0. The zero-order valence-corrected chi connectivity index (χ0v) is 21.8. The van der Waals surface area contributed by atoms with E-state index < -0.39 is 11.9 Å². The summed E-state index contributed by atoms with van der Waals surface area (Å²) < 4.78 is 0. The van der Waals surface area contributed by atoms with E-state index in [0.717, 1.165) is 32.7 Å². The van der Waals surface area contributed by atoms with Gasteiger partial charge >= 0.3 is 27.7 Å². The fourth-order valence-corrected chi connectivity index (χ4v) is 3.11. The first kappa shape index (κ1) is 22.6. The maximum atomic E-state index is 10.6. The Labute approximate surface area is 189 Å². The van der Waals surface area contributed by atoms with Gasteiger partial charge in [0.15, 0.2) is 0 Å². The van der Waals surface area contributed by atoms with Crippen molar-refractivity contribution in [3.05, 3.63) is 95.1 Å². The van der Waals surface area contributed by atoms with Gasteiger partial charge in [-0.15, -0.1) is 0 Å².